The van der Waals surface area contributed by atoms with Gasteiger partial charge in [0, 0.05) is 0 Å². The minimum atomic E-state index is -0.760. The molecule has 0 fully saturated rings. The summed E-state index contributed by atoms with van der Waals surface area (Å²) >= 11 is 6.90. The Hall–Kier alpha value is -2.12. The van der Waals surface area contributed by atoms with Crippen LogP contribution in [0.2, 0.25) is 0 Å². The number of amides is 1. The van der Waals surface area contributed by atoms with Crippen molar-refractivity contribution in [2.24, 2.45) is 0 Å². The van der Waals surface area contributed by atoms with Crippen LogP contribution in [0.15, 0.2) is 35.0 Å². The summed E-state index contributed by atoms with van der Waals surface area (Å²) in [7, 11) is 0. The molecular weight excluding hydrogens is 380 g/mol. The van der Waals surface area contributed by atoms with Crippen molar-refractivity contribution in [1.82, 2.24) is 5.32 Å². The van der Waals surface area contributed by atoms with Gasteiger partial charge in [-0.15, -0.1) is 0 Å². The van der Waals surface area contributed by atoms with Gasteiger partial charge in [0.1, 0.15) is 22.4 Å². The second-order valence-electron chi connectivity index (χ2n) is 7.72. The number of hydrogen-bond donors (Lipinski definition) is 2. The van der Waals surface area contributed by atoms with Crippen LogP contribution in [0.4, 0.5) is 10.5 Å². The Morgan fingerprint density at radius 2 is 2.00 bits per heavy atom. The minimum Gasteiger partial charge on any atom is -0.481 e. The zero-order valence-electron chi connectivity index (χ0n) is 16.1. The molecule has 27 heavy (non-hydrogen) atoms. The summed E-state index contributed by atoms with van der Waals surface area (Å²) in [6, 6.07) is 7.81. The van der Waals surface area contributed by atoms with Crippen molar-refractivity contribution >= 4 is 40.3 Å². The second-order valence-corrected chi connectivity index (χ2v) is 8.94. The molecule has 144 valence electrons. The third-order valence-corrected chi connectivity index (χ3v) is 5.45. The second kappa shape index (κ2) is 7.13. The molecule has 2 unspecified atom stereocenters. The van der Waals surface area contributed by atoms with Crippen molar-refractivity contribution in [3.05, 3.63) is 46.2 Å². The van der Waals surface area contributed by atoms with E-state index < -0.39 is 17.2 Å². The molecule has 0 bridgehead atoms. The third-order valence-electron chi connectivity index (χ3n) is 4.34. The number of nitrogens with one attached hydrogen (secondary N) is 2. The third kappa shape index (κ3) is 4.25. The lowest BCUT2D eigenvalue weighted by molar-refractivity contribution is 0.0479. The summed E-state index contributed by atoms with van der Waals surface area (Å²) in [6.07, 6.45) is -0.635. The number of thiophene rings is 1. The number of benzene rings is 1. The molecule has 0 spiro atoms. The van der Waals surface area contributed by atoms with Gasteiger partial charge >= 0.3 is 6.09 Å². The summed E-state index contributed by atoms with van der Waals surface area (Å²) in [5.41, 5.74) is 1.34. The highest BCUT2D eigenvalue weighted by Gasteiger charge is 2.34. The molecule has 2 N–H and O–H groups in total. The van der Waals surface area contributed by atoms with Crippen LogP contribution < -0.4 is 15.4 Å². The van der Waals surface area contributed by atoms with Crippen molar-refractivity contribution in [2.45, 2.75) is 51.9 Å². The summed E-state index contributed by atoms with van der Waals surface area (Å²) in [6.45, 7) is 9.40. The first-order valence-corrected chi connectivity index (χ1v) is 10.1. The van der Waals surface area contributed by atoms with Crippen LogP contribution in [0, 0.1) is 0 Å². The van der Waals surface area contributed by atoms with E-state index in [2.05, 4.69) is 10.6 Å². The van der Waals surface area contributed by atoms with E-state index in [1.807, 2.05) is 69.6 Å². The van der Waals surface area contributed by atoms with Gasteiger partial charge in [0.05, 0.1) is 11.2 Å². The zero-order valence-corrected chi connectivity index (χ0v) is 17.7. The van der Waals surface area contributed by atoms with E-state index in [0.717, 1.165) is 22.6 Å². The topological polar surface area (TPSA) is 59.6 Å². The van der Waals surface area contributed by atoms with E-state index in [0.29, 0.717) is 4.99 Å². The van der Waals surface area contributed by atoms with Crippen molar-refractivity contribution in [3.8, 4) is 5.75 Å². The number of ether oxygens (including phenoxy) is 2. The van der Waals surface area contributed by atoms with Crippen molar-refractivity contribution in [2.75, 3.05) is 5.32 Å². The van der Waals surface area contributed by atoms with E-state index in [-0.39, 0.29) is 6.10 Å². The zero-order chi connectivity index (χ0) is 19.8. The Bertz CT molecular complexity index is 859. The van der Waals surface area contributed by atoms with E-state index in [1.54, 1.807) is 11.3 Å². The van der Waals surface area contributed by atoms with E-state index in [9.17, 15) is 4.79 Å². The first kappa shape index (κ1) is 19.6. The number of anilines is 1. The van der Waals surface area contributed by atoms with Crippen LogP contribution in [0.5, 0.6) is 5.75 Å². The van der Waals surface area contributed by atoms with Crippen LogP contribution >= 0.6 is 23.6 Å². The van der Waals surface area contributed by atoms with Gasteiger partial charge in [0.2, 0.25) is 0 Å². The van der Waals surface area contributed by atoms with Crippen molar-refractivity contribution in [1.29, 1.82) is 0 Å². The fourth-order valence-electron chi connectivity index (χ4n) is 2.89. The molecule has 5 nitrogen and oxygen atoms in total. The Morgan fingerprint density at radius 1 is 1.26 bits per heavy atom. The molecule has 1 aromatic carbocycles. The monoisotopic (exact) mass is 404 g/mol. The average molecular weight is 405 g/mol. The smallest absolute Gasteiger partial charge is 0.408 e. The normalized spacial score (nSPS) is 18.6. The highest BCUT2D eigenvalue weighted by molar-refractivity contribution is 7.80. The van der Waals surface area contributed by atoms with Gasteiger partial charge in [-0.2, -0.15) is 11.3 Å². The number of fused-ring (bicyclic) bond motifs is 1. The molecule has 7 heteroatoms. The Balaban J connectivity index is 1.98. The molecular formula is C20H24N2O3S2. The highest BCUT2D eigenvalue weighted by Crippen LogP contribution is 2.37. The molecule has 0 aliphatic carbocycles. The maximum absolute atomic E-state index is 12.5. The number of carbonyl (C=O) groups excluding carboxylic acids is 1. The summed E-state index contributed by atoms with van der Waals surface area (Å²) < 4.78 is 11.3. The van der Waals surface area contributed by atoms with E-state index in [4.69, 9.17) is 21.7 Å². The predicted octanol–water partition coefficient (Wildman–Crippen LogP) is 5.06. The number of hydrogen-bond acceptors (Lipinski definition) is 5. The summed E-state index contributed by atoms with van der Waals surface area (Å²) in [5.74, 6) is 0.741. The molecule has 2 aromatic rings. The van der Waals surface area contributed by atoms with Gasteiger partial charge in [-0.1, -0.05) is 18.3 Å². The lowest BCUT2D eigenvalue weighted by Crippen LogP contribution is -2.46. The van der Waals surface area contributed by atoms with Crippen molar-refractivity contribution < 1.29 is 14.3 Å². The van der Waals surface area contributed by atoms with Crippen LogP contribution in [0.25, 0.3) is 0 Å². The number of alkyl carbamates (subject to hydrolysis) is 1. The maximum atomic E-state index is 12.5. The number of carbonyl (C=O) groups is 1. The fraction of sp³-hybridized carbons (Fsp3) is 0.400. The van der Waals surface area contributed by atoms with E-state index in [1.165, 1.54) is 0 Å². The quantitative estimate of drug-likeness (QED) is 0.701. The molecule has 1 aliphatic rings. The molecule has 0 saturated carbocycles. The fourth-order valence-corrected chi connectivity index (χ4v) is 3.81. The number of thiocarbonyl (C=S) groups is 1. The standard InChI is InChI=1S/C20H24N2O3S2/c1-12-17(26)21-15-10-13(6-7-16(15)24-12)20(5,14-8-9-27-11-14)22-18(23)25-19(2,3)4/h6-12H,1-5H3,(H,21,26)(H,22,23). The summed E-state index contributed by atoms with van der Waals surface area (Å²) in [4.78, 5) is 13.2. The van der Waals surface area contributed by atoms with Gasteiger partial charge in [-0.3, -0.25) is 0 Å². The van der Waals surface area contributed by atoms with E-state index >= 15 is 0 Å². The predicted molar refractivity (Wildman–Crippen MR) is 113 cm³/mol. The van der Waals surface area contributed by atoms with Crippen LogP contribution in [0.3, 0.4) is 0 Å². The van der Waals surface area contributed by atoms with Crippen LogP contribution in [0.1, 0.15) is 45.7 Å². The Kier molecular flexibility index (Phi) is 5.18. The molecule has 1 aromatic heterocycles. The molecule has 1 amide bonds. The lowest BCUT2D eigenvalue weighted by atomic mass is 9.86. The Labute approximate surface area is 169 Å². The molecule has 3 rings (SSSR count). The molecule has 0 saturated heterocycles. The van der Waals surface area contributed by atoms with Crippen molar-refractivity contribution in [3.63, 3.8) is 0 Å². The molecule has 0 radical (unpaired) electrons. The van der Waals surface area contributed by atoms with Gasteiger partial charge in [-0.05, 0) is 74.7 Å². The Morgan fingerprint density at radius 3 is 2.63 bits per heavy atom. The first-order valence-electron chi connectivity index (χ1n) is 8.74. The summed E-state index contributed by atoms with van der Waals surface area (Å²) in [5, 5.41) is 10.3. The van der Waals surface area contributed by atoms with Gasteiger partial charge in [0.25, 0.3) is 0 Å². The highest BCUT2D eigenvalue weighted by atomic mass is 32.1. The van der Waals surface area contributed by atoms with Gasteiger partial charge < -0.3 is 20.1 Å². The largest absolute Gasteiger partial charge is 0.481 e. The minimum absolute atomic E-state index is 0.165. The van der Waals surface area contributed by atoms with Gasteiger partial charge in [-0.25, -0.2) is 4.79 Å². The SMILES string of the molecule is CC1Oc2ccc(C(C)(NC(=O)OC(C)(C)C)c3ccsc3)cc2NC1=S. The molecule has 2 atom stereocenters. The first-order chi connectivity index (χ1) is 12.6. The van der Waals surface area contributed by atoms with Crippen LogP contribution in [-0.2, 0) is 10.3 Å². The van der Waals surface area contributed by atoms with Gasteiger partial charge in [0.15, 0.2) is 0 Å². The molecule has 1 aliphatic heterocycles. The van der Waals surface area contributed by atoms with Crippen LogP contribution in [-0.4, -0.2) is 22.8 Å². The average Bonchev–Trinajstić information content (AvgIpc) is 3.08. The lowest BCUT2D eigenvalue weighted by Gasteiger charge is -2.34. The molecule has 2 heterocycles. The number of rotatable bonds is 3. The maximum Gasteiger partial charge on any atom is 0.408 e.